The van der Waals surface area contributed by atoms with Crippen molar-refractivity contribution in [3.63, 3.8) is 0 Å². The zero-order valence-electron chi connectivity index (χ0n) is 18.6. The second kappa shape index (κ2) is 9.40. The molecule has 1 unspecified atom stereocenters. The summed E-state index contributed by atoms with van der Waals surface area (Å²) >= 11 is 6.13. The van der Waals surface area contributed by atoms with Gasteiger partial charge in [0.2, 0.25) is 0 Å². The van der Waals surface area contributed by atoms with Gasteiger partial charge >= 0.3 is 0 Å². The standard InChI is InChI=1S/C25H24ClFN6O/c1-32-22(7-11-30-32)31-21-15-17(6-10-28-21)19-13-18-8-12-33(24(18)20(27)14-19)23(34)5-4-16-3-2-9-29-25(16)26/h2-3,6-7,9-11,13-15,23,34H,4-5,8,12H2,1H3,(H,28,31). The molecule has 1 aliphatic rings. The molecule has 0 radical (unpaired) electrons. The molecule has 1 atom stereocenters. The lowest BCUT2D eigenvalue weighted by atomic mass is 10.0. The Bertz CT molecular complexity index is 1330. The molecule has 174 valence electrons. The Hall–Kier alpha value is -3.49. The summed E-state index contributed by atoms with van der Waals surface area (Å²) in [5.74, 6) is 1.11. The quantitative estimate of drug-likeness (QED) is 0.374. The van der Waals surface area contributed by atoms with Crippen LogP contribution in [0.25, 0.3) is 11.1 Å². The number of aliphatic hydroxyl groups excluding tert-OH is 1. The number of nitrogens with zero attached hydrogens (tertiary/aromatic N) is 5. The van der Waals surface area contributed by atoms with Crippen LogP contribution < -0.4 is 10.2 Å². The van der Waals surface area contributed by atoms with Crippen LogP contribution in [0, 0.1) is 5.82 Å². The van der Waals surface area contributed by atoms with Crippen molar-refractivity contribution >= 4 is 28.9 Å². The van der Waals surface area contributed by atoms with Gasteiger partial charge in [-0.3, -0.25) is 4.68 Å². The van der Waals surface area contributed by atoms with Crippen LogP contribution in [0.1, 0.15) is 17.5 Å². The molecule has 4 heterocycles. The van der Waals surface area contributed by atoms with Gasteiger partial charge in [-0.2, -0.15) is 5.10 Å². The highest BCUT2D eigenvalue weighted by molar-refractivity contribution is 6.30. The zero-order valence-corrected chi connectivity index (χ0v) is 19.4. The summed E-state index contributed by atoms with van der Waals surface area (Å²) in [6.07, 6.45) is 5.87. The first kappa shape index (κ1) is 22.3. The average Bonchev–Trinajstić information content (AvgIpc) is 3.45. The maximum absolute atomic E-state index is 15.3. The molecule has 0 fully saturated rings. The van der Waals surface area contributed by atoms with Crippen molar-refractivity contribution in [1.82, 2.24) is 19.7 Å². The highest BCUT2D eigenvalue weighted by Crippen LogP contribution is 2.37. The average molecular weight is 479 g/mol. The topological polar surface area (TPSA) is 79.1 Å². The number of fused-ring (bicyclic) bond motifs is 1. The highest BCUT2D eigenvalue weighted by atomic mass is 35.5. The minimum atomic E-state index is -0.812. The molecule has 0 aliphatic carbocycles. The van der Waals surface area contributed by atoms with Crippen LogP contribution in [-0.4, -0.2) is 37.6 Å². The summed E-state index contributed by atoms with van der Waals surface area (Å²) in [5.41, 5.74) is 3.84. The third kappa shape index (κ3) is 4.47. The first-order valence-corrected chi connectivity index (χ1v) is 11.5. The molecule has 0 amide bonds. The Morgan fingerprint density at radius 2 is 2.00 bits per heavy atom. The van der Waals surface area contributed by atoms with Gasteiger partial charge in [-0.1, -0.05) is 17.7 Å². The Morgan fingerprint density at radius 1 is 1.12 bits per heavy atom. The molecule has 3 aromatic heterocycles. The predicted molar refractivity (Wildman–Crippen MR) is 131 cm³/mol. The number of aryl methyl sites for hydroxylation is 2. The van der Waals surface area contributed by atoms with E-state index in [1.807, 2.05) is 43.4 Å². The second-order valence-electron chi connectivity index (χ2n) is 8.28. The van der Waals surface area contributed by atoms with Gasteiger partial charge in [0, 0.05) is 32.1 Å². The van der Waals surface area contributed by atoms with E-state index in [2.05, 4.69) is 20.4 Å². The summed E-state index contributed by atoms with van der Waals surface area (Å²) in [5, 5.41) is 18.6. The van der Waals surface area contributed by atoms with Crippen LogP contribution in [0.15, 0.2) is 61.1 Å². The van der Waals surface area contributed by atoms with Crippen LogP contribution in [0.3, 0.4) is 0 Å². The van der Waals surface area contributed by atoms with Crippen molar-refractivity contribution in [3.05, 3.63) is 83.2 Å². The summed E-state index contributed by atoms with van der Waals surface area (Å²) in [7, 11) is 1.84. The minimum absolute atomic E-state index is 0.346. The molecule has 0 bridgehead atoms. The fourth-order valence-electron chi connectivity index (χ4n) is 4.34. The number of pyridine rings is 2. The summed E-state index contributed by atoms with van der Waals surface area (Å²) < 4.78 is 17.0. The van der Waals surface area contributed by atoms with Crippen molar-refractivity contribution in [2.45, 2.75) is 25.5 Å². The van der Waals surface area contributed by atoms with Crippen molar-refractivity contribution < 1.29 is 9.50 Å². The van der Waals surface area contributed by atoms with Gasteiger partial charge < -0.3 is 15.3 Å². The Kier molecular flexibility index (Phi) is 6.17. The number of benzene rings is 1. The molecule has 5 rings (SSSR count). The molecule has 2 N–H and O–H groups in total. The van der Waals surface area contributed by atoms with Gasteiger partial charge in [0.05, 0.1) is 11.9 Å². The zero-order chi connectivity index (χ0) is 23.7. The van der Waals surface area contributed by atoms with E-state index in [9.17, 15) is 5.11 Å². The van der Waals surface area contributed by atoms with E-state index in [1.54, 1.807) is 28.2 Å². The maximum Gasteiger partial charge on any atom is 0.147 e. The third-order valence-electron chi connectivity index (χ3n) is 6.09. The van der Waals surface area contributed by atoms with E-state index in [4.69, 9.17) is 11.6 Å². The van der Waals surface area contributed by atoms with Crippen molar-refractivity contribution in [2.75, 3.05) is 16.8 Å². The number of anilines is 3. The predicted octanol–water partition coefficient (Wildman–Crippen LogP) is 4.73. The number of hydrogen-bond acceptors (Lipinski definition) is 6. The Balaban J connectivity index is 1.35. The molecule has 1 aromatic carbocycles. The van der Waals surface area contributed by atoms with Crippen LogP contribution in [0.4, 0.5) is 21.7 Å². The fraction of sp³-hybridized carbons (Fsp3) is 0.240. The van der Waals surface area contributed by atoms with E-state index < -0.39 is 6.23 Å². The maximum atomic E-state index is 15.3. The van der Waals surface area contributed by atoms with Gasteiger partial charge in [0.15, 0.2) is 0 Å². The largest absolute Gasteiger partial charge is 0.374 e. The van der Waals surface area contributed by atoms with E-state index in [0.29, 0.717) is 42.5 Å². The van der Waals surface area contributed by atoms with Crippen molar-refractivity contribution in [3.8, 4) is 11.1 Å². The summed E-state index contributed by atoms with van der Waals surface area (Å²) in [4.78, 5) is 10.2. The van der Waals surface area contributed by atoms with E-state index in [1.165, 1.54) is 6.07 Å². The van der Waals surface area contributed by atoms with Crippen molar-refractivity contribution in [2.24, 2.45) is 7.05 Å². The number of nitrogens with one attached hydrogen (secondary N) is 1. The molecule has 0 saturated carbocycles. The first-order chi connectivity index (χ1) is 16.5. The van der Waals surface area contributed by atoms with Gasteiger partial charge in [0.25, 0.3) is 0 Å². The molecular weight excluding hydrogens is 455 g/mol. The number of aromatic nitrogens is 4. The fourth-order valence-corrected chi connectivity index (χ4v) is 4.55. The summed E-state index contributed by atoms with van der Waals surface area (Å²) in [6.45, 7) is 0.557. The van der Waals surface area contributed by atoms with E-state index in [-0.39, 0.29) is 5.82 Å². The lowest BCUT2D eigenvalue weighted by molar-refractivity contribution is 0.160. The number of halogens is 2. The molecule has 1 aliphatic heterocycles. The molecule has 4 aromatic rings. The second-order valence-corrected chi connectivity index (χ2v) is 8.63. The Labute approximate surface area is 201 Å². The molecule has 9 heteroatoms. The lowest BCUT2D eigenvalue weighted by Crippen LogP contribution is -2.34. The van der Waals surface area contributed by atoms with Gasteiger partial charge in [-0.25, -0.2) is 14.4 Å². The first-order valence-electron chi connectivity index (χ1n) is 11.1. The highest BCUT2D eigenvalue weighted by Gasteiger charge is 2.28. The molecule has 34 heavy (non-hydrogen) atoms. The van der Waals surface area contributed by atoms with E-state index >= 15 is 4.39 Å². The smallest absolute Gasteiger partial charge is 0.147 e. The van der Waals surface area contributed by atoms with Gasteiger partial charge in [-0.15, -0.1) is 0 Å². The van der Waals surface area contributed by atoms with Crippen LogP contribution in [0.5, 0.6) is 0 Å². The monoisotopic (exact) mass is 478 g/mol. The minimum Gasteiger partial charge on any atom is -0.374 e. The number of aliphatic hydroxyl groups is 1. The van der Waals surface area contributed by atoms with Gasteiger partial charge in [0.1, 0.15) is 28.8 Å². The molecule has 0 saturated heterocycles. The molecule has 0 spiro atoms. The molecule has 7 nitrogen and oxygen atoms in total. The van der Waals surface area contributed by atoms with Crippen molar-refractivity contribution in [1.29, 1.82) is 0 Å². The summed E-state index contributed by atoms with van der Waals surface area (Å²) in [6, 6.07) is 12.8. The van der Waals surface area contributed by atoms with E-state index in [0.717, 1.165) is 28.1 Å². The third-order valence-corrected chi connectivity index (χ3v) is 6.43. The van der Waals surface area contributed by atoms with Crippen LogP contribution >= 0.6 is 11.6 Å². The normalized spacial score (nSPS) is 13.7. The van der Waals surface area contributed by atoms with Gasteiger partial charge in [-0.05, 0) is 71.8 Å². The number of hydrogen-bond donors (Lipinski definition) is 2. The SMILES string of the molecule is Cn1nccc1Nc1cc(-c2cc(F)c3c(c2)CCN3C(O)CCc2cccnc2Cl)ccn1. The lowest BCUT2D eigenvalue weighted by Gasteiger charge is -2.26. The Morgan fingerprint density at radius 3 is 2.79 bits per heavy atom. The van der Waals surface area contributed by atoms with Crippen LogP contribution in [-0.2, 0) is 19.9 Å². The number of rotatable bonds is 7. The molecular formula is C25H24ClFN6O. The van der Waals surface area contributed by atoms with Crippen LogP contribution in [0.2, 0.25) is 5.15 Å².